The normalized spacial score (nSPS) is 14.0. The van der Waals surface area contributed by atoms with Crippen LogP contribution < -0.4 is 4.90 Å². The summed E-state index contributed by atoms with van der Waals surface area (Å²) < 4.78 is 0. The number of fused-ring (bicyclic) bond motifs is 3. The van der Waals surface area contributed by atoms with Crippen molar-refractivity contribution in [1.82, 2.24) is 9.97 Å². The Labute approximate surface area is 205 Å². The van der Waals surface area contributed by atoms with Crippen LogP contribution in [0.5, 0.6) is 5.75 Å². The molecule has 35 heavy (non-hydrogen) atoms. The molecular weight excluding hydrogens is 430 g/mol. The summed E-state index contributed by atoms with van der Waals surface area (Å²) in [6, 6.07) is 27.0. The summed E-state index contributed by atoms with van der Waals surface area (Å²) in [5.74, 6) is 1.10. The molecule has 4 nitrogen and oxygen atoms in total. The van der Waals surface area contributed by atoms with Crippen LogP contribution in [-0.2, 0) is 5.41 Å². The Balaban J connectivity index is 1.61. The van der Waals surface area contributed by atoms with Crippen LogP contribution in [0.25, 0.3) is 22.2 Å². The fourth-order valence-corrected chi connectivity index (χ4v) is 5.32. The topological polar surface area (TPSA) is 49.2 Å². The lowest BCUT2D eigenvalue weighted by Crippen LogP contribution is -2.31. The Morgan fingerprint density at radius 2 is 1.60 bits per heavy atom. The lowest BCUT2D eigenvalue weighted by molar-refractivity contribution is 0.480. The quantitative estimate of drug-likeness (QED) is 0.295. The molecule has 0 saturated heterocycles. The van der Waals surface area contributed by atoms with Gasteiger partial charge in [-0.15, -0.1) is 0 Å². The monoisotopic (exact) mass is 457 g/mol. The maximum atomic E-state index is 10.5. The zero-order valence-electron chi connectivity index (χ0n) is 20.4. The maximum Gasteiger partial charge on any atom is 0.141 e. The predicted molar refractivity (Wildman–Crippen MR) is 143 cm³/mol. The van der Waals surface area contributed by atoms with Gasteiger partial charge in [-0.05, 0) is 72.5 Å². The van der Waals surface area contributed by atoms with E-state index in [1.54, 1.807) is 6.07 Å². The van der Waals surface area contributed by atoms with Crippen molar-refractivity contribution in [3.05, 3.63) is 107 Å². The summed E-state index contributed by atoms with van der Waals surface area (Å²) in [4.78, 5) is 11.9. The molecule has 172 valence electrons. The van der Waals surface area contributed by atoms with Crippen LogP contribution in [0.3, 0.4) is 0 Å². The van der Waals surface area contributed by atoms with Crippen molar-refractivity contribution in [1.29, 1.82) is 0 Å². The van der Waals surface area contributed by atoms with Gasteiger partial charge < -0.3 is 5.11 Å². The smallest absolute Gasteiger partial charge is 0.141 e. The third-order valence-electron chi connectivity index (χ3n) is 7.18. The third kappa shape index (κ3) is 3.28. The highest BCUT2D eigenvalue weighted by Gasteiger charge is 2.37. The van der Waals surface area contributed by atoms with Crippen LogP contribution in [0.4, 0.5) is 17.2 Å². The average molecular weight is 458 g/mol. The Bertz CT molecular complexity index is 1620. The number of rotatable bonds is 2. The van der Waals surface area contributed by atoms with Crippen molar-refractivity contribution in [3.63, 3.8) is 0 Å². The van der Waals surface area contributed by atoms with Crippen molar-refractivity contribution in [2.45, 2.75) is 33.1 Å². The number of nitrogens with zero attached hydrogens (tertiary/aromatic N) is 3. The molecule has 0 fully saturated rings. The SMILES string of the molecule is Cc1ccnc(N2c3ccccc3C(C)(C)c3ccc(-c4cc(C)c5cccc(O)c5n4)cc32)c1. The van der Waals surface area contributed by atoms with Crippen LogP contribution in [0.2, 0.25) is 0 Å². The number of para-hydroxylation sites is 2. The first-order chi connectivity index (χ1) is 16.8. The van der Waals surface area contributed by atoms with Crippen molar-refractivity contribution in [2.75, 3.05) is 4.90 Å². The van der Waals surface area contributed by atoms with Crippen LogP contribution in [0.1, 0.15) is 36.1 Å². The van der Waals surface area contributed by atoms with Gasteiger partial charge in [-0.25, -0.2) is 9.97 Å². The highest BCUT2D eigenvalue weighted by molar-refractivity contribution is 5.91. The van der Waals surface area contributed by atoms with Crippen molar-refractivity contribution >= 4 is 28.1 Å². The zero-order chi connectivity index (χ0) is 24.3. The molecule has 0 spiro atoms. The Kier molecular flexibility index (Phi) is 4.68. The number of phenolic OH excluding ortho intramolecular Hbond substituents is 1. The van der Waals surface area contributed by atoms with E-state index in [4.69, 9.17) is 9.97 Å². The molecule has 0 atom stereocenters. The fourth-order valence-electron chi connectivity index (χ4n) is 5.32. The number of hydrogen-bond donors (Lipinski definition) is 1. The van der Waals surface area contributed by atoms with Gasteiger partial charge in [-0.1, -0.05) is 56.3 Å². The number of aryl methyl sites for hydroxylation is 2. The van der Waals surface area contributed by atoms with E-state index in [1.807, 2.05) is 24.4 Å². The molecule has 1 aliphatic rings. The number of aromatic hydroxyl groups is 1. The van der Waals surface area contributed by atoms with E-state index in [-0.39, 0.29) is 11.2 Å². The Morgan fingerprint density at radius 3 is 2.43 bits per heavy atom. The van der Waals surface area contributed by atoms with E-state index in [0.717, 1.165) is 45.0 Å². The molecule has 0 aliphatic carbocycles. The summed E-state index contributed by atoms with van der Waals surface area (Å²) in [6.07, 6.45) is 1.87. The van der Waals surface area contributed by atoms with Gasteiger partial charge in [0.1, 0.15) is 17.1 Å². The number of hydrogen-bond acceptors (Lipinski definition) is 4. The Hall–Kier alpha value is -4.18. The largest absolute Gasteiger partial charge is 0.506 e. The van der Waals surface area contributed by atoms with Gasteiger partial charge in [0, 0.05) is 22.6 Å². The first-order valence-corrected chi connectivity index (χ1v) is 11.9. The molecule has 3 heterocycles. The fraction of sp³-hybridized carbons (Fsp3) is 0.161. The van der Waals surface area contributed by atoms with Crippen molar-refractivity contribution in [2.24, 2.45) is 0 Å². The molecule has 1 aliphatic heterocycles. The lowest BCUT2D eigenvalue weighted by atomic mass is 9.73. The predicted octanol–water partition coefficient (Wildman–Crippen LogP) is 7.73. The minimum atomic E-state index is -0.171. The molecule has 0 amide bonds. The standard InChI is InChI=1S/C31H27N3O/c1-19-14-15-32-29(16-19)34-26-10-6-5-9-23(26)31(3,4)24-13-12-21(18-27(24)34)25-17-20(2)22-8-7-11-28(35)30(22)33-25/h5-18,35H,1-4H3. The second kappa shape index (κ2) is 7.67. The summed E-state index contributed by atoms with van der Waals surface area (Å²) in [7, 11) is 0. The van der Waals surface area contributed by atoms with Crippen molar-refractivity contribution in [3.8, 4) is 17.0 Å². The molecule has 4 heteroatoms. The van der Waals surface area contributed by atoms with Gasteiger partial charge in [-0.2, -0.15) is 0 Å². The first kappa shape index (κ1) is 21.4. The van der Waals surface area contributed by atoms with Gasteiger partial charge in [-0.3, -0.25) is 4.90 Å². The van der Waals surface area contributed by atoms with E-state index in [0.29, 0.717) is 5.52 Å². The van der Waals surface area contributed by atoms with Crippen LogP contribution >= 0.6 is 0 Å². The molecule has 0 radical (unpaired) electrons. The molecule has 6 rings (SSSR count). The lowest BCUT2D eigenvalue weighted by Gasteiger charge is -2.41. The molecule has 1 N–H and O–H groups in total. The van der Waals surface area contributed by atoms with E-state index in [9.17, 15) is 5.11 Å². The third-order valence-corrected chi connectivity index (χ3v) is 7.18. The summed E-state index contributed by atoms with van der Waals surface area (Å²) in [5.41, 5.74) is 9.30. The number of benzene rings is 3. The second-order valence-corrected chi connectivity index (χ2v) is 9.90. The first-order valence-electron chi connectivity index (χ1n) is 11.9. The molecule has 0 saturated carbocycles. The van der Waals surface area contributed by atoms with Gasteiger partial charge in [0.05, 0.1) is 17.1 Å². The van der Waals surface area contributed by atoms with Crippen LogP contribution in [0, 0.1) is 13.8 Å². The van der Waals surface area contributed by atoms with E-state index in [1.165, 1.54) is 11.1 Å². The van der Waals surface area contributed by atoms with Gasteiger partial charge in [0.25, 0.3) is 0 Å². The second-order valence-electron chi connectivity index (χ2n) is 9.90. The number of aromatic nitrogens is 2. The number of pyridine rings is 2. The van der Waals surface area contributed by atoms with Gasteiger partial charge in [0.2, 0.25) is 0 Å². The summed E-state index contributed by atoms with van der Waals surface area (Å²) in [6.45, 7) is 8.72. The zero-order valence-corrected chi connectivity index (χ0v) is 20.4. The Morgan fingerprint density at radius 1 is 0.800 bits per heavy atom. The van der Waals surface area contributed by atoms with Gasteiger partial charge >= 0.3 is 0 Å². The summed E-state index contributed by atoms with van der Waals surface area (Å²) in [5, 5.41) is 11.4. The number of anilines is 3. The minimum absolute atomic E-state index is 0.171. The van der Waals surface area contributed by atoms with E-state index < -0.39 is 0 Å². The molecule has 3 aromatic carbocycles. The van der Waals surface area contributed by atoms with Gasteiger partial charge in [0.15, 0.2) is 0 Å². The molecule has 5 aromatic rings. The molecule has 0 unspecified atom stereocenters. The van der Waals surface area contributed by atoms with Crippen LogP contribution in [0.15, 0.2) is 85.1 Å². The maximum absolute atomic E-state index is 10.5. The highest BCUT2D eigenvalue weighted by atomic mass is 16.3. The van der Waals surface area contributed by atoms with E-state index >= 15 is 0 Å². The average Bonchev–Trinajstić information content (AvgIpc) is 2.85. The molecule has 0 bridgehead atoms. The minimum Gasteiger partial charge on any atom is -0.506 e. The van der Waals surface area contributed by atoms with Crippen LogP contribution in [-0.4, -0.2) is 15.1 Å². The summed E-state index contributed by atoms with van der Waals surface area (Å²) >= 11 is 0. The van der Waals surface area contributed by atoms with E-state index in [2.05, 4.69) is 87.2 Å². The highest BCUT2D eigenvalue weighted by Crippen LogP contribution is 2.52. The molecular formula is C31H27N3O. The number of phenols is 1. The molecule has 2 aromatic heterocycles. The van der Waals surface area contributed by atoms with Crippen molar-refractivity contribution < 1.29 is 5.11 Å².